The van der Waals surface area contributed by atoms with Gasteiger partial charge in [0.2, 0.25) is 11.7 Å². The standard InChI is InChI=1S/C8H11N2O2/c1-5(11)6-9-10-7(12-6)8(2,3)4/h1H2,2-4H3. The van der Waals surface area contributed by atoms with E-state index in [0.29, 0.717) is 5.89 Å². The Morgan fingerprint density at radius 3 is 2.25 bits per heavy atom. The number of hydrogen-bond donors (Lipinski definition) is 0. The molecule has 4 heteroatoms. The number of rotatable bonds is 1. The van der Waals surface area contributed by atoms with Crippen LogP contribution in [0, 0.1) is 6.92 Å². The molecule has 0 aliphatic heterocycles. The smallest absolute Gasteiger partial charge is 0.284 e. The number of nitrogens with zero attached hydrogens (tertiary/aromatic N) is 2. The van der Waals surface area contributed by atoms with Gasteiger partial charge in [0.05, 0.1) is 0 Å². The molecule has 1 heterocycles. The number of ketones is 1. The van der Waals surface area contributed by atoms with Crippen LogP contribution in [0.25, 0.3) is 0 Å². The van der Waals surface area contributed by atoms with Gasteiger partial charge in [-0.15, -0.1) is 10.2 Å². The van der Waals surface area contributed by atoms with Crippen molar-refractivity contribution in [3.63, 3.8) is 0 Å². The normalized spacial score (nSPS) is 11.7. The third-order valence-corrected chi connectivity index (χ3v) is 1.31. The van der Waals surface area contributed by atoms with Gasteiger partial charge in [0.1, 0.15) is 0 Å². The number of carbonyl (C=O) groups excluding carboxylic acids is 1. The van der Waals surface area contributed by atoms with E-state index in [-0.39, 0.29) is 11.3 Å². The Labute approximate surface area is 71.0 Å². The minimum absolute atomic E-state index is 0.0278. The SMILES string of the molecule is [CH2]C(=O)c1nnc(C(C)(C)C)o1. The third kappa shape index (κ3) is 1.69. The Hall–Kier alpha value is -1.19. The maximum Gasteiger partial charge on any atom is 0.284 e. The molecule has 65 valence electrons. The molecule has 4 nitrogen and oxygen atoms in total. The van der Waals surface area contributed by atoms with Crippen LogP contribution in [-0.2, 0) is 5.41 Å². The fourth-order valence-corrected chi connectivity index (χ4v) is 0.639. The fraction of sp³-hybridized carbons (Fsp3) is 0.500. The van der Waals surface area contributed by atoms with Crippen LogP contribution in [0.5, 0.6) is 0 Å². The first kappa shape index (κ1) is 8.90. The molecule has 0 bridgehead atoms. The molecule has 0 aromatic carbocycles. The van der Waals surface area contributed by atoms with Crippen molar-refractivity contribution in [1.29, 1.82) is 0 Å². The van der Waals surface area contributed by atoms with Gasteiger partial charge in [0.15, 0.2) is 0 Å². The summed E-state index contributed by atoms with van der Waals surface area (Å²) in [5.41, 5.74) is -0.222. The van der Waals surface area contributed by atoms with Gasteiger partial charge in [-0.25, -0.2) is 0 Å². The molecule has 1 rings (SSSR count). The lowest BCUT2D eigenvalue weighted by atomic mass is 9.97. The molecule has 1 aromatic heterocycles. The second kappa shape index (κ2) is 2.69. The van der Waals surface area contributed by atoms with Crippen LogP contribution in [0.4, 0.5) is 0 Å². The zero-order valence-electron chi connectivity index (χ0n) is 7.42. The number of aromatic nitrogens is 2. The summed E-state index contributed by atoms with van der Waals surface area (Å²) >= 11 is 0. The molecular weight excluding hydrogens is 156 g/mol. The molecule has 0 amide bonds. The van der Waals surface area contributed by atoms with Crippen LogP contribution < -0.4 is 0 Å². The van der Waals surface area contributed by atoms with Gasteiger partial charge >= 0.3 is 0 Å². The molecule has 0 aliphatic carbocycles. The molecule has 0 saturated carbocycles. The fourth-order valence-electron chi connectivity index (χ4n) is 0.639. The Kier molecular flexibility index (Phi) is 2.00. The molecule has 1 radical (unpaired) electrons. The van der Waals surface area contributed by atoms with Gasteiger partial charge < -0.3 is 4.42 Å². The molecule has 0 N–H and O–H groups in total. The first-order valence-corrected chi connectivity index (χ1v) is 3.61. The average molecular weight is 167 g/mol. The van der Waals surface area contributed by atoms with E-state index in [1.54, 1.807) is 0 Å². The molecule has 1 aromatic rings. The van der Waals surface area contributed by atoms with Crippen molar-refractivity contribution in [1.82, 2.24) is 10.2 Å². The summed E-state index contributed by atoms with van der Waals surface area (Å²) < 4.78 is 5.08. The number of Topliss-reactive ketones (excluding diaryl/α,β-unsaturated/α-hetero) is 1. The summed E-state index contributed by atoms with van der Waals surface area (Å²) in [6.07, 6.45) is 0. The van der Waals surface area contributed by atoms with Crippen molar-refractivity contribution in [3.05, 3.63) is 18.7 Å². The maximum atomic E-state index is 10.7. The number of hydrogen-bond acceptors (Lipinski definition) is 4. The molecule has 12 heavy (non-hydrogen) atoms. The molecule has 0 atom stereocenters. The Bertz CT molecular complexity index is 296. The van der Waals surface area contributed by atoms with Crippen molar-refractivity contribution in [2.24, 2.45) is 0 Å². The van der Waals surface area contributed by atoms with E-state index in [1.165, 1.54) is 0 Å². The predicted molar refractivity (Wildman–Crippen MR) is 42.7 cm³/mol. The minimum Gasteiger partial charge on any atom is -0.418 e. The molecule has 0 fully saturated rings. The van der Waals surface area contributed by atoms with E-state index >= 15 is 0 Å². The summed E-state index contributed by atoms with van der Waals surface area (Å²) in [7, 11) is 0. The minimum atomic E-state index is -0.446. The predicted octanol–water partition coefficient (Wildman–Crippen LogP) is 1.38. The highest BCUT2D eigenvalue weighted by Crippen LogP contribution is 2.20. The Morgan fingerprint density at radius 1 is 1.42 bits per heavy atom. The molecule has 0 spiro atoms. The van der Waals surface area contributed by atoms with Crippen LogP contribution >= 0.6 is 0 Å². The molecule has 0 saturated heterocycles. The lowest BCUT2D eigenvalue weighted by molar-refractivity contribution is 0.100. The highest BCUT2D eigenvalue weighted by atomic mass is 16.4. The lowest BCUT2D eigenvalue weighted by Gasteiger charge is -2.10. The lowest BCUT2D eigenvalue weighted by Crippen LogP contribution is -2.11. The zero-order valence-corrected chi connectivity index (χ0v) is 7.42. The van der Waals surface area contributed by atoms with E-state index in [4.69, 9.17) is 4.42 Å². The highest BCUT2D eigenvalue weighted by Gasteiger charge is 2.22. The van der Waals surface area contributed by atoms with Gasteiger partial charge in [0, 0.05) is 12.3 Å². The second-order valence-corrected chi connectivity index (χ2v) is 3.59. The quantitative estimate of drug-likeness (QED) is 0.593. The summed E-state index contributed by atoms with van der Waals surface area (Å²) in [5, 5.41) is 7.28. The monoisotopic (exact) mass is 167 g/mol. The summed E-state index contributed by atoms with van der Waals surface area (Å²) in [6, 6.07) is 0. The van der Waals surface area contributed by atoms with Crippen LogP contribution in [0.3, 0.4) is 0 Å². The van der Waals surface area contributed by atoms with Crippen LogP contribution in [0.1, 0.15) is 37.3 Å². The molecule has 0 unspecified atom stereocenters. The van der Waals surface area contributed by atoms with Gasteiger partial charge in [-0.1, -0.05) is 20.8 Å². The van der Waals surface area contributed by atoms with Crippen molar-refractivity contribution < 1.29 is 9.21 Å². The van der Waals surface area contributed by atoms with E-state index in [1.807, 2.05) is 20.8 Å². The van der Waals surface area contributed by atoms with Gasteiger partial charge in [-0.05, 0) is 0 Å². The van der Waals surface area contributed by atoms with Crippen molar-refractivity contribution >= 4 is 5.78 Å². The first-order chi connectivity index (χ1) is 5.41. The summed E-state index contributed by atoms with van der Waals surface area (Å²) in [4.78, 5) is 10.7. The van der Waals surface area contributed by atoms with Crippen LogP contribution in [0.2, 0.25) is 0 Å². The number of carbonyl (C=O) groups is 1. The van der Waals surface area contributed by atoms with Gasteiger partial charge in [-0.3, -0.25) is 4.79 Å². The first-order valence-electron chi connectivity index (χ1n) is 3.61. The maximum absolute atomic E-state index is 10.7. The third-order valence-electron chi connectivity index (χ3n) is 1.31. The molecule has 0 aliphatic rings. The van der Waals surface area contributed by atoms with Gasteiger partial charge in [0.25, 0.3) is 5.89 Å². The summed E-state index contributed by atoms with van der Waals surface area (Å²) in [6.45, 7) is 8.95. The Morgan fingerprint density at radius 2 is 2.00 bits per heavy atom. The largest absolute Gasteiger partial charge is 0.418 e. The Balaban J connectivity index is 3.00. The van der Waals surface area contributed by atoms with E-state index in [0.717, 1.165) is 0 Å². The van der Waals surface area contributed by atoms with E-state index in [2.05, 4.69) is 17.1 Å². The summed E-state index contributed by atoms with van der Waals surface area (Å²) in [5.74, 6) is -0.0209. The second-order valence-electron chi connectivity index (χ2n) is 3.59. The topological polar surface area (TPSA) is 56.0 Å². The molecular formula is C8H11N2O2. The van der Waals surface area contributed by atoms with Crippen molar-refractivity contribution in [2.45, 2.75) is 26.2 Å². The van der Waals surface area contributed by atoms with E-state index in [9.17, 15) is 4.79 Å². The van der Waals surface area contributed by atoms with Crippen LogP contribution in [-0.4, -0.2) is 16.0 Å². The average Bonchev–Trinajstić information content (AvgIpc) is 2.30. The zero-order chi connectivity index (χ0) is 9.35. The highest BCUT2D eigenvalue weighted by molar-refractivity contribution is 5.94. The van der Waals surface area contributed by atoms with E-state index < -0.39 is 5.78 Å². The van der Waals surface area contributed by atoms with Crippen molar-refractivity contribution in [3.8, 4) is 0 Å². The van der Waals surface area contributed by atoms with Crippen LogP contribution in [0.15, 0.2) is 4.42 Å². The van der Waals surface area contributed by atoms with Gasteiger partial charge in [-0.2, -0.15) is 0 Å². The van der Waals surface area contributed by atoms with Crippen molar-refractivity contribution in [2.75, 3.05) is 0 Å².